The zero-order valence-electron chi connectivity index (χ0n) is 17.0. The van der Waals surface area contributed by atoms with Crippen LogP contribution in [0.3, 0.4) is 0 Å². The number of carbonyl (C=O) groups excluding carboxylic acids is 1. The third-order valence-electron chi connectivity index (χ3n) is 10.4. The minimum Gasteiger partial charge on any atom is -0.465 e. The van der Waals surface area contributed by atoms with Gasteiger partial charge in [-0.3, -0.25) is 4.79 Å². The Kier molecular flexibility index (Phi) is 4.06. The first kappa shape index (κ1) is 18.4. The number of carbonyl (C=O) groups is 1. The molecular formula is C23H36O4. The summed E-state index contributed by atoms with van der Waals surface area (Å²) < 4.78 is 5.29. The molecule has 0 unspecified atom stereocenters. The van der Waals surface area contributed by atoms with Crippen molar-refractivity contribution in [2.75, 3.05) is 6.61 Å². The van der Waals surface area contributed by atoms with Crippen LogP contribution in [-0.4, -0.2) is 34.5 Å². The Hall–Kier alpha value is -0.610. The van der Waals surface area contributed by atoms with E-state index in [4.69, 9.17) is 4.74 Å². The van der Waals surface area contributed by atoms with E-state index in [0.717, 1.165) is 51.4 Å². The van der Waals surface area contributed by atoms with E-state index >= 15 is 0 Å². The maximum Gasteiger partial charge on any atom is 0.306 e. The molecule has 0 amide bonds. The normalized spacial score (nSPS) is 57.6. The summed E-state index contributed by atoms with van der Waals surface area (Å²) >= 11 is 0. The maximum absolute atomic E-state index is 12.1. The number of aliphatic hydroxyl groups excluding tert-OH is 1. The summed E-state index contributed by atoms with van der Waals surface area (Å²) in [5.74, 6) is 2.24. The van der Waals surface area contributed by atoms with Crippen molar-refractivity contribution in [1.82, 2.24) is 0 Å². The topological polar surface area (TPSA) is 66.8 Å². The Morgan fingerprint density at radius 2 is 1.74 bits per heavy atom. The van der Waals surface area contributed by atoms with Crippen LogP contribution in [0.15, 0.2) is 0 Å². The van der Waals surface area contributed by atoms with Gasteiger partial charge in [-0.15, -0.1) is 0 Å². The lowest BCUT2D eigenvalue weighted by Gasteiger charge is -2.63. The van der Waals surface area contributed by atoms with E-state index < -0.39 is 5.60 Å². The highest BCUT2D eigenvalue weighted by molar-refractivity contribution is 5.71. The Bertz CT molecular complexity index is 634. The van der Waals surface area contributed by atoms with Gasteiger partial charge in [0.1, 0.15) is 0 Å². The molecule has 1 saturated heterocycles. The Balaban J connectivity index is 1.44. The first-order chi connectivity index (χ1) is 12.8. The van der Waals surface area contributed by atoms with Gasteiger partial charge < -0.3 is 14.9 Å². The van der Waals surface area contributed by atoms with Crippen molar-refractivity contribution < 1.29 is 19.7 Å². The Morgan fingerprint density at radius 3 is 2.48 bits per heavy atom. The second kappa shape index (κ2) is 5.95. The van der Waals surface area contributed by atoms with Gasteiger partial charge in [0.25, 0.3) is 0 Å². The maximum atomic E-state index is 12.1. The van der Waals surface area contributed by atoms with Gasteiger partial charge in [-0.1, -0.05) is 13.8 Å². The monoisotopic (exact) mass is 376 g/mol. The summed E-state index contributed by atoms with van der Waals surface area (Å²) in [6.07, 6.45) is 9.89. The van der Waals surface area contributed by atoms with Crippen molar-refractivity contribution in [3.8, 4) is 0 Å². The first-order valence-corrected chi connectivity index (χ1v) is 11.3. The van der Waals surface area contributed by atoms with Crippen molar-refractivity contribution in [1.29, 1.82) is 0 Å². The smallest absolute Gasteiger partial charge is 0.306 e. The van der Waals surface area contributed by atoms with E-state index in [0.29, 0.717) is 42.6 Å². The van der Waals surface area contributed by atoms with Crippen molar-refractivity contribution in [2.45, 2.75) is 89.8 Å². The number of hydrogen-bond acceptors (Lipinski definition) is 4. The van der Waals surface area contributed by atoms with Crippen LogP contribution in [-0.2, 0) is 9.53 Å². The van der Waals surface area contributed by atoms with E-state index in [1.165, 1.54) is 6.42 Å². The number of ether oxygens (including phenoxy) is 1. The summed E-state index contributed by atoms with van der Waals surface area (Å²) in [7, 11) is 0. The van der Waals surface area contributed by atoms with E-state index in [2.05, 4.69) is 13.8 Å². The average molecular weight is 377 g/mol. The van der Waals surface area contributed by atoms with Crippen molar-refractivity contribution in [3.63, 3.8) is 0 Å². The minimum absolute atomic E-state index is 0.0542. The number of hydrogen-bond donors (Lipinski definition) is 2. The predicted molar refractivity (Wildman–Crippen MR) is 102 cm³/mol. The molecule has 9 atom stereocenters. The largest absolute Gasteiger partial charge is 0.465 e. The molecule has 2 N–H and O–H groups in total. The molecule has 0 spiro atoms. The SMILES string of the molecule is C[C@]12CC[C@H](O)C[C@H]1CC[C@@H]1[C@@H]2CC[C@]2(C)[C@@H]([C@H]3COC(=O)C3)CC[C@]12O. The molecule has 0 aromatic rings. The highest BCUT2D eigenvalue weighted by Crippen LogP contribution is 2.70. The van der Waals surface area contributed by atoms with Crippen LogP contribution in [0.5, 0.6) is 0 Å². The van der Waals surface area contributed by atoms with Gasteiger partial charge in [0.05, 0.1) is 24.7 Å². The standard InChI is InChI=1S/C23H36O4/c1-21-8-5-16(24)12-15(21)3-4-19-18(21)6-9-22(2)17(7-10-23(19,22)26)14-11-20(25)27-13-14/h14-19,24,26H,3-13H2,1-2H3/t14-,15-,16+,17-,18+,19-,21+,22-,23+/m1/s1. The van der Waals surface area contributed by atoms with Gasteiger partial charge in [-0.2, -0.15) is 0 Å². The van der Waals surface area contributed by atoms with Gasteiger partial charge >= 0.3 is 5.97 Å². The highest BCUT2D eigenvalue weighted by atomic mass is 16.5. The van der Waals surface area contributed by atoms with Crippen molar-refractivity contribution in [3.05, 3.63) is 0 Å². The van der Waals surface area contributed by atoms with E-state index in [1.807, 2.05) is 0 Å². The number of esters is 1. The fourth-order valence-electron chi connectivity index (χ4n) is 8.79. The summed E-state index contributed by atoms with van der Waals surface area (Å²) in [5, 5.41) is 22.3. The second-order valence-electron chi connectivity index (χ2n) is 11.1. The average Bonchev–Trinajstić information content (AvgIpc) is 3.16. The fraction of sp³-hybridized carbons (Fsp3) is 0.957. The lowest BCUT2D eigenvalue weighted by molar-refractivity contribution is -0.213. The molecule has 0 aromatic heterocycles. The molecule has 4 nitrogen and oxygen atoms in total. The molecule has 4 heteroatoms. The zero-order valence-corrected chi connectivity index (χ0v) is 17.0. The number of aliphatic hydroxyl groups is 2. The summed E-state index contributed by atoms with van der Waals surface area (Å²) in [4.78, 5) is 11.7. The fourth-order valence-corrected chi connectivity index (χ4v) is 8.79. The first-order valence-electron chi connectivity index (χ1n) is 11.3. The summed E-state index contributed by atoms with van der Waals surface area (Å²) in [6.45, 7) is 5.34. The van der Waals surface area contributed by atoms with Gasteiger partial charge in [0, 0.05) is 5.92 Å². The van der Waals surface area contributed by atoms with Gasteiger partial charge in [-0.05, 0) is 92.3 Å². The van der Waals surface area contributed by atoms with E-state index in [1.54, 1.807) is 0 Å². The molecule has 5 fully saturated rings. The van der Waals surface area contributed by atoms with E-state index in [9.17, 15) is 15.0 Å². The van der Waals surface area contributed by atoms with Crippen LogP contribution in [0.1, 0.15) is 78.1 Å². The quantitative estimate of drug-likeness (QED) is 0.685. The van der Waals surface area contributed by atoms with Crippen LogP contribution in [0.4, 0.5) is 0 Å². The summed E-state index contributed by atoms with van der Waals surface area (Å²) in [6, 6.07) is 0. The van der Waals surface area contributed by atoms with E-state index in [-0.39, 0.29) is 22.9 Å². The minimum atomic E-state index is -0.587. The van der Waals surface area contributed by atoms with Crippen molar-refractivity contribution in [2.24, 2.45) is 40.4 Å². The Morgan fingerprint density at radius 1 is 0.963 bits per heavy atom. The molecule has 4 saturated carbocycles. The third-order valence-corrected chi connectivity index (χ3v) is 10.4. The summed E-state index contributed by atoms with van der Waals surface area (Å²) in [5.41, 5.74) is -0.385. The predicted octanol–water partition coefficient (Wildman–Crippen LogP) is 3.68. The molecular weight excluding hydrogens is 340 g/mol. The lowest BCUT2D eigenvalue weighted by Crippen LogP contribution is -2.62. The van der Waals surface area contributed by atoms with Crippen LogP contribution in [0.2, 0.25) is 0 Å². The van der Waals surface area contributed by atoms with Crippen molar-refractivity contribution >= 4 is 5.97 Å². The number of rotatable bonds is 1. The van der Waals surface area contributed by atoms with Gasteiger partial charge in [0.15, 0.2) is 0 Å². The lowest BCUT2D eigenvalue weighted by atomic mass is 9.43. The highest BCUT2D eigenvalue weighted by Gasteiger charge is 2.68. The molecule has 0 radical (unpaired) electrons. The molecule has 152 valence electrons. The van der Waals surface area contributed by atoms with Crippen LogP contribution in [0, 0.1) is 40.4 Å². The molecule has 5 aliphatic rings. The van der Waals surface area contributed by atoms with Gasteiger partial charge in [-0.25, -0.2) is 0 Å². The van der Waals surface area contributed by atoms with Crippen LogP contribution in [0.25, 0.3) is 0 Å². The molecule has 1 heterocycles. The molecule has 27 heavy (non-hydrogen) atoms. The molecule has 0 bridgehead atoms. The molecule has 0 aromatic carbocycles. The third kappa shape index (κ3) is 2.38. The van der Waals surface area contributed by atoms with Gasteiger partial charge in [0.2, 0.25) is 0 Å². The van der Waals surface area contributed by atoms with Crippen LogP contribution < -0.4 is 0 Å². The molecule has 5 rings (SSSR count). The number of fused-ring (bicyclic) bond motifs is 5. The Labute approximate surface area is 163 Å². The molecule has 1 aliphatic heterocycles. The number of cyclic esters (lactones) is 1. The van der Waals surface area contributed by atoms with Crippen LogP contribution >= 0.6 is 0 Å². The zero-order chi connectivity index (χ0) is 19.0. The molecule has 4 aliphatic carbocycles. The second-order valence-corrected chi connectivity index (χ2v) is 11.1.